The Morgan fingerprint density at radius 1 is 1.33 bits per heavy atom. The third kappa shape index (κ3) is 3.16. The first-order chi connectivity index (χ1) is 8.58. The van der Waals surface area contributed by atoms with E-state index in [0.717, 1.165) is 22.9 Å². The van der Waals surface area contributed by atoms with Crippen molar-refractivity contribution in [2.75, 3.05) is 11.9 Å². The van der Waals surface area contributed by atoms with Crippen LogP contribution >= 0.6 is 34.5 Å². The third-order valence-electron chi connectivity index (χ3n) is 2.39. The minimum Gasteiger partial charge on any atom is -0.361 e. The van der Waals surface area contributed by atoms with E-state index >= 15 is 0 Å². The molecule has 0 aliphatic carbocycles. The van der Waals surface area contributed by atoms with Gasteiger partial charge < -0.3 is 5.32 Å². The van der Waals surface area contributed by atoms with Crippen LogP contribution in [0, 0.1) is 5.92 Å². The zero-order chi connectivity index (χ0) is 13.1. The molecule has 96 valence electrons. The monoisotopic (exact) mass is 300 g/mol. The smallest absolute Gasteiger partial charge is 0.183 e. The van der Waals surface area contributed by atoms with Crippen LogP contribution in [0.15, 0.2) is 23.6 Å². The van der Waals surface area contributed by atoms with Crippen molar-refractivity contribution in [3.63, 3.8) is 0 Å². The van der Waals surface area contributed by atoms with Gasteiger partial charge in [0.15, 0.2) is 5.13 Å². The molecule has 2 aromatic rings. The van der Waals surface area contributed by atoms with Gasteiger partial charge >= 0.3 is 0 Å². The molecule has 0 aliphatic rings. The molecule has 0 unspecified atom stereocenters. The van der Waals surface area contributed by atoms with Gasteiger partial charge in [-0.3, -0.25) is 0 Å². The van der Waals surface area contributed by atoms with E-state index in [1.54, 1.807) is 17.4 Å². The minimum atomic E-state index is 0.554. The second kappa shape index (κ2) is 5.91. The molecule has 18 heavy (non-hydrogen) atoms. The Morgan fingerprint density at radius 2 is 2.11 bits per heavy atom. The summed E-state index contributed by atoms with van der Waals surface area (Å²) >= 11 is 13.8. The molecule has 0 fully saturated rings. The number of hydrogen-bond acceptors (Lipinski definition) is 3. The Morgan fingerprint density at radius 3 is 2.83 bits per heavy atom. The highest BCUT2D eigenvalue weighted by molar-refractivity contribution is 7.14. The van der Waals surface area contributed by atoms with Crippen molar-refractivity contribution in [1.82, 2.24) is 4.98 Å². The van der Waals surface area contributed by atoms with E-state index in [2.05, 4.69) is 24.1 Å². The van der Waals surface area contributed by atoms with Gasteiger partial charge in [0.2, 0.25) is 0 Å². The fourth-order valence-electron chi connectivity index (χ4n) is 1.47. The van der Waals surface area contributed by atoms with Crippen LogP contribution in [0.2, 0.25) is 10.0 Å². The van der Waals surface area contributed by atoms with Crippen LogP contribution in [-0.4, -0.2) is 11.5 Å². The second-order valence-electron chi connectivity index (χ2n) is 4.41. The number of benzene rings is 1. The lowest BCUT2D eigenvalue weighted by Gasteiger charge is -2.05. The minimum absolute atomic E-state index is 0.554. The van der Waals surface area contributed by atoms with Gasteiger partial charge in [0.05, 0.1) is 15.7 Å². The first-order valence-electron chi connectivity index (χ1n) is 5.71. The van der Waals surface area contributed by atoms with Gasteiger partial charge in [-0.05, 0) is 12.0 Å². The van der Waals surface area contributed by atoms with E-state index in [1.807, 2.05) is 17.5 Å². The molecule has 0 amide bonds. The molecule has 2 nitrogen and oxygen atoms in total. The van der Waals surface area contributed by atoms with Crippen LogP contribution in [0.3, 0.4) is 0 Å². The number of nitrogens with one attached hydrogen (secondary N) is 1. The highest BCUT2D eigenvalue weighted by atomic mass is 35.5. The molecule has 2 rings (SSSR count). The van der Waals surface area contributed by atoms with E-state index in [0.29, 0.717) is 16.0 Å². The Kier molecular flexibility index (Phi) is 4.49. The van der Waals surface area contributed by atoms with Gasteiger partial charge in [0, 0.05) is 17.5 Å². The van der Waals surface area contributed by atoms with Crippen LogP contribution in [-0.2, 0) is 0 Å². The highest BCUT2D eigenvalue weighted by Gasteiger charge is 2.10. The fourth-order valence-corrected chi connectivity index (χ4v) is 2.59. The first kappa shape index (κ1) is 13.7. The number of aromatic nitrogens is 1. The summed E-state index contributed by atoms with van der Waals surface area (Å²) < 4.78 is 0. The number of anilines is 1. The summed E-state index contributed by atoms with van der Waals surface area (Å²) in [5, 5.41) is 7.31. The Bertz CT molecular complexity index is 538. The largest absolute Gasteiger partial charge is 0.361 e. The molecular weight excluding hydrogens is 287 g/mol. The van der Waals surface area contributed by atoms with Crippen LogP contribution in [0.1, 0.15) is 13.8 Å². The molecule has 1 heterocycles. The quantitative estimate of drug-likeness (QED) is 0.841. The van der Waals surface area contributed by atoms with Crippen molar-refractivity contribution >= 4 is 39.7 Å². The predicted molar refractivity (Wildman–Crippen MR) is 80.9 cm³/mol. The molecule has 0 saturated carbocycles. The third-order valence-corrected chi connectivity index (χ3v) is 4.01. The summed E-state index contributed by atoms with van der Waals surface area (Å²) in [7, 11) is 0. The lowest BCUT2D eigenvalue weighted by Crippen LogP contribution is -2.07. The van der Waals surface area contributed by atoms with Gasteiger partial charge in [-0.1, -0.05) is 49.2 Å². The van der Waals surface area contributed by atoms with Crippen LogP contribution in [0.25, 0.3) is 11.3 Å². The Labute approximate surface area is 121 Å². The van der Waals surface area contributed by atoms with Gasteiger partial charge in [0.1, 0.15) is 0 Å². The van der Waals surface area contributed by atoms with E-state index in [9.17, 15) is 0 Å². The first-order valence-corrected chi connectivity index (χ1v) is 7.35. The van der Waals surface area contributed by atoms with Crippen molar-refractivity contribution in [2.45, 2.75) is 13.8 Å². The Balaban J connectivity index is 2.21. The maximum absolute atomic E-state index is 6.18. The maximum atomic E-state index is 6.18. The fraction of sp³-hybridized carbons (Fsp3) is 0.308. The van der Waals surface area contributed by atoms with Gasteiger partial charge in [-0.2, -0.15) is 0 Å². The van der Waals surface area contributed by atoms with Gasteiger partial charge in [0.25, 0.3) is 0 Å². The van der Waals surface area contributed by atoms with Crippen LogP contribution in [0.4, 0.5) is 5.13 Å². The lowest BCUT2D eigenvalue weighted by molar-refractivity contribution is 0.688. The molecule has 1 aromatic carbocycles. The van der Waals surface area contributed by atoms with Crippen LogP contribution in [0.5, 0.6) is 0 Å². The molecule has 1 aromatic heterocycles. The normalized spacial score (nSPS) is 10.9. The topological polar surface area (TPSA) is 24.9 Å². The lowest BCUT2D eigenvalue weighted by atomic mass is 10.2. The summed E-state index contributed by atoms with van der Waals surface area (Å²) in [5.74, 6) is 0.590. The summed E-state index contributed by atoms with van der Waals surface area (Å²) in [6, 6.07) is 5.58. The second-order valence-corrected chi connectivity index (χ2v) is 6.06. The van der Waals surface area contributed by atoms with Crippen molar-refractivity contribution in [2.24, 2.45) is 5.92 Å². The number of halogens is 2. The van der Waals surface area contributed by atoms with Crippen molar-refractivity contribution in [3.05, 3.63) is 33.6 Å². The summed E-state index contributed by atoms with van der Waals surface area (Å²) in [6.07, 6.45) is 0. The molecule has 5 heteroatoms. The highest BCUT2D eigenvalue weighted by Crippen LogP contribution is 2.34. The van der Waals surface area contributed by atoms with Crippen molar-refractivity contribution in [1.29, 1.82) is 0 Å². The summed E-state index contributed by atoms with van der Waals surface area (Å²) in [5.41, 5.74) is 1.73. The van der Waals surface area contributed by atoms with E-state index in [4.69, 9.17) is 23.2 Å². The van der Waals surface area contributed by atoms with Crippen molar-refractivity contribution < 1.29 is 0 Å². The van der Waals surface area contributed by atoms with E-state index in [-0.39, 0.29) is 0 Å². The maximum Gasteiger partial charge on any atom is 0.183 e. The summed E-state index contributed by atoms with van der Waals surface area (Å²) in [4.78, 5) is 4.52. The molecule has 0 saturated heterocycles. The molecule has 1 N–H and O–H groups in total. The SMILES string of the molecule is CC(C)CNc1nc(-c2cccc(Cl)c2Cl)cs1. The number of nitrogens with zero attached hydrogens (tertiary/aromatic N) is 1. The molecule has 0 bridgehead atoms. The molecule has 0 spiro atoms. The molecule has 0 radical (unpaired) electrons. The van der Waals surface area contributed by atoms with Gasteiger partial charge in [-0.25, -0.2) is 4.98 Å². The Hall–Kier alpha value is -0.770. The van der Waals surface area contributed by atoms with E-state index < -0.39 is 0 Å². The molecule has 0 aliphatic heterocycles. The number of rotatable bonds is 4. The summed E-state index contributed by atoms with van der Waals surface area (Å²) in [6.45, 7) is 5.24. The molecule has 0 atom stereocenters. The zero-order valence-corrected chi connectivity index (χ0v) is 12.5. The zero-order valence-electron chi connectivity index (χ0n) is 10.2. The van der Waals surface area contributed by atoms with E-state index in [1.165, 1.54) is 0 Å². The number of thiazole rings is 1. The standard InChI is InChI=1S/C13H14Cl2N2S/c1-8(2)6-16-13-17-11(7-18-13)9-4-3-5-10(14)12(9)15/h3-5,7-8H,6H2,1-2H3,(H,16,17). The van der Waals surface area contributed by atoms with Crippen molar-refractivity contribution in [3.8, 4) is 11.3 Å². The average molecular weight is 301 g/mol. The molecular formula is C13H14Cl2N2S. The average Bonchev–Trinajstić information content (AvgIpc) is 2.78. The van der Waals surface area contributed by atoms with Crippen LogP contribution < -0.4 is 5.32 Å². The predicted octanol–water partition coefficient (Wildman–Crippen LogP) is 5.18. The van der Waals surface area contributed by atoms with Gasteiger partial charge in [-0.15, -0.1) is 11.3 Å². The number of hydrogen-bond donors (Lipinski definition) is 1.